The van der Waals surface area contributed by atoms with E-state index in [4.69, 9.17) is 4.43 Å². The van der Waals surface area contributed by atoms with Crippen molar-refractivity contribution < 1.29 is 9.00 Å². The summed E-state index contributed by atoms with van der Waals surface area (Å²) in [6.45, 7) is 4.50. The van der Waals surface area contributed by atoms with Crippen LogP contribution in [0.25, 0.3) is 5.57 Å². The second-order valence-corrected chi connectivity index (χ2v) is 13.2. The van der Waals surface area contributed by atoms with Gasteiger partial charge in [-0.05, 0) is 69.4 Å². The molecule has 0 N–H and O–H groups in total. The van der Waals surface area contributed by atoms with E-state index in [9.17, 15) is 0 Å². The van der Waals surface area contributed by atoms with E-state index in [1.807, 2.05) is 7.11 Å². The molecule has 0 fully saturated rings. The molecule has 2 aromatic rings. The molecule has 4 rings (SSSR count). The van der Waals surface area contributed by atoms with E-state index >= 15 is 0 Å². The molecule has 0 saturated carbocycles. The van der Waals surface area contributed by atoms with E-state index in [1.54, 1.807) is 0 Å². The molecule has 0 amide bonds. The zero-order valence-corrected chi connectivity index (χ0v) is 22.2. The Morgan fingerprint density at radius 1 is 1.00 bits per heavy atom. The molecular weight excluding hydrogens is 420 g/mol. The van der Waals surface area contributed by atoms with Crippen molar-refractivity contribution in [2.24, 2.45) is 0 Å². The molecule has 1 aliphatic heterocycles. The Morgan fingerprint density at radius 2 is 1.76 bits per heavy atom. The molecule has 0 aromatic heterocycles. The fourth-order valence-electron chi connectivity index (χ4n) is 5.18. The van der Waals surface area contributed by atoms with Crippen LogP contribution in [0.4, 0.5) is 5.69 Å². The van der Waals surface area contributed by atoms with E-state index in [0.717, 1.165) is 18.9 Å². The second-order valence-electron chi connectivity index (χ2n) is 9.57. The molecule has 1 unspecified atom stereocenters. The summed E-state index contributed by atoms with van der Waals surface area (Å²) in [5, 5.41) is 2.82. The standard InChI is InChI=1S/C29H37N2OSi/c1-8-9-18-33(32-7)27-19-22(30(3)4)14-16-25(27)29(24-13-11-10-12-21(24)2)26-17-15-23(31(5)6)20-28(26)33/h10-17,19-20H,8-9,18H2,1-7H3/q+1. The fraction of sp³-hybridized carbons (Fsp3) is 0.345. The molecule has 0 bridgehead atoms. The van der Waals surface area contributed by atoms with Crippen molar-refractivity contribution in [2.75, 3.05) is 40.2 Å². The molecule has 3 nitrogen and oxygen atoms in total. The van der Waals surface area contributed by atoms with E-state index in [-0.39, 0.29) is 0 Å². The van der Waals surface area contributed by atoms with Crippen molar-refractivity contribution in [3.63, 3.8) is 0 Å². The minimum absolute atomic E-state index is 1.09. The van der Waals surface area contributed by atoms with E-state index < -0.39 is 8.32 Å². The maximum absolute atomic E-state index is 6.71. The van der Waals surface area contributed by atoms with Gasteiger partial charge in [0.25, 0.3) is 8.32 Å². The molecule has 1 heterocycles. The number of benzene rings is 2. The Bertz CT molecular complexity index is 1200. The maximum Gasteiger partial charge on any atom is 0.256 e. The van der Waals surface area contributed by atoms with Crippen molar-refractivity contribution >= 4 is 30.5 Å². The van der Waals surface area contributed by atoms with Crippen LogP contribution in [0, 0.1) is 6.92 Å². The van der Waals surface area contributed by atoms with Gasteiger partial charge in [0, 0.05) is 39.0 Å². The number of nitrogens with zero attached hydrogens (tertiary/aromatic N) is 2. The largest absolute Gasteiger partial charge is 0.411 e. The number of rotatable bonds is 6. The fourth-order valence-corrected chi connectivity index (χ4v) is 9.55. The average molecular weight is 458 g/mol. The third-order valence-electron chi connectivity index (χ3n) is 7.09. The van der Waals surface area contributed by atoms with Crippen LogP contribution in [-0.2, 0) is 4.43 Å². The number of aryl methyl sites for hydroxylation is 1. The third-order valence-corrected chi connectivity index (χ3v) is 11.4. The van der Waals surface area contributed by atoms with Crippen LogP contribution in [0.2, 0.25) is 6.04 Å². The normalized spacial score (nSPS) is 19.2. The lowest BCUT2D eigenvalue weighted by Crippen LogP contribution is -2.56. The Morgan fingerprint density at radius 3 is 2.39 bits per heavy atom. The predicted molar refractivity (Wildman–Crippen MR) is 144 cm³/mol. The number of fused-ring (bicyclic) bond motifs is 2. The molecule has 0 radical (unpaired) electrons. The summed E-state index contributed by atoms with van der Waals surface area (Å²) >= 11 is 0. The summed E-state index contributed by atoms with van der Waals surface area (Å²) in [4.78, 5) is 2.20. The first-order valence-electron chi connectivity index (χ1n) is 12.0. The van der Waals surface area contributed by atoms with Crippen molar-refractivity contribution in [2.45, 2.75) is 32.7 Å². The van der Waals surface area contributed by atoms with Crippen LogP contribution in [0.1, 0.15) is 36.5 Å². The molecule has 1 aliphatic carbocycles. The van der Waals surface area contributed by atoms with Gasteiger partial charge in [-0.25, -0.2) is 4.58 Å². The van der Waals surface area contributed by atoms with Gasteiger partial charge in [-0.3, -0.25) is 0 Å². The quantitative estimate of drug-likeness (QED) is 0.436. The van der Waals surface area contributed by atoms with Gasteiger partial charge in [0.15, 0.2) is 5.71 Å². The van der Waals surface area contributed by atoms with Crippen LogP contribution in [0.3, 0.4) is 0 Å². The van der Waals surface area contributed by atoms with Crippen molar-refractivity contribution in [3.8, 4) is 0 Å². The molecule has 172 valence electrons. The summed E-state index contributed by atoms with van der Waals surface area (Å²) in [7, 11) is 7.99. The number of anilines is 1. The van der Waals surface area contributed by atoms with Crippen molar-refractivity contribution in [1.82, 2.24) is 0 Å². The summed E-state index contributed by atoms with van der Waals surface area (Å²) in [6, 6.07) is 16.9. The lowest BCUT2D eigenvalue weighted by Gasteiger charge is -2.41. The molecule has 33 heavy (non-hydrogen) atoms. The lowest BCUT2D eigenvalue weighted by atomic mass is 9.87. The Kier molecular flexibility index (Phi) is 6.60. The molecular formula is C29H37N2OSi+. The summed E-state index contributed by atoms with van der Waals surface area (Å²) in [5.41, 5.74) is 9.09. The maximum atomic E-state index is 6.71. The van der Waals surface area contributed by atoms with Gasteiger partial charge >= 0.3 is 0 Å². The minimum Gasteiger partial charge on any atom is -0.411 e. The van der Waals surface area contributed by atoms with Crippen LogP contribution in [0.15, 0.2) is 71.5 Å². The second kappa shape index (κ2) is 9.28. The van der Waals surface area contributed by atoms with Gasteiger partial charge < -0.3 is 9.33 Å². The third kappa shape index (κ3) is 3.96. The first-order chi connectivity index (χ1) is 15.8. The average Bonchev–Trinajstić information content (AvgIpc) is 2.82. The Hall–Kier alpha value is -2.69. The smallest absolute Gasteiger partial charge is 0.256 e. The monoisotopic (exact) mass is 457 g/mol. The number of allylic oxidation sites excluding steroid dienone is 5. The minimum atomic E-state index is -2.44. The van der Waals surface area contributed by atoms with Crippen LogP contribution in [0.5, 0.6) is 0 Å². The van der Waals surface area contributed by atoms with Crippen molar-refractivity contribution in [1.29, 1.82) is 0 Å². The molecule has 1 atom stereocenters. The number of hydrogen-bond acceptors (Lipinski definition) is 2. The highest BCUT2D eigenvalue weighted by molar-refractivity contribution is 6.95. The van der Waals surface area contributed by atoms with Crippen LogP contribution in [-0.4, -0.2) is 53.9 Å². The van der Waals surface area contributed by atoms with Gasteiger partial charge in [-0.15, -0.1) is 0 Å². The highest BCUT2D eigenvalue weighted by atomic mass is 28.4. The summed E-state index contributed by atoms with van der Waals surface area (Å²) in [5.74, 6) is 0. The van der Waals surface area contributed by atoms with Crippen molar-refractivity contribution in [3.05, 3.63) is 88.2 Å². The molecule has 2 aliphatic rings. The van der Waals surface area contributed by atoms with E-state index in [2.05, 4.69) is 112 Å². The van der Waals surface area contributed by atoms with Crippen LogP contribution < -0.4 is 10.1 Å². The molecule has 0 saturated heterocycles. The van der Waals surface area contributed by atoms with E-state index in [1.165, 1.54) is 49.6 Å². The molecule has 4 heteroatoms. The summed E-state index contributed by atoms with van der Waals surface area (Å²) in [6.07, 6.45) is 9.33. The van der Waals surface area contributed by atoms with Crippen LogP contribution >= 0.6 is 0 Å². The molecule has 0 spiro atoms. The number of unbranched alkanes of at least 4 members (excludes halogenated alkanes) is 1. The topological polar surface area (TPSA) is 15.5 Å². The molecule has 2 aromatic carbocycles. The zero-order chi connectivity index (χ0) is 23.8. The Labute approximate surface area is 200 Å². The Balaban J connectivity index is 2.14. The van der Waals surface area contributed by atoms with Gasteiger partial charge in [-0.2, -0.15) is 0 Å². The predicted octanol–water partition coefficient (Wildman–Crippen LogP) is 5.22. The number of hydrogen-bond donors (Lipinski definition) is 0. The van der Waals surface area contributed by atoms with E-state index in [0.29, 0.717) is 0 Å². The first-order valence-corrected chi connectivity index (χ1v) is 14.1. The lowest BCUT2D eigenvalue weighted by molar-refractivity contribution is -0.462. The van der Waals surface area contributed by atoms with Gasteiger partial charge in [-0.1, -0.05) is 50.1 Å². The SMILES string of the molecule is CCCC[Si]1(OC)C2=CC(=[N+](C)C)C=CC2=C(c2ccccc2C)c2ccc(N(C)C)cc21. The zero-order valence-electron chi connectivity index (χ0n) is 21.2. The van der Waals surface area contributed by atoms with Gasteiger partial charge in [0.2, 0.25) is 0 Å². The van der Waals surface area contributed by atoms with Gasteiger partial charge in [0.05, 0.1) is 0 Å². The summed E-state index contributed by atoms with van der Waals surface area (Å²) < 4.78 is 8.91. The first kappa shape index (κ1) is 23.5. The van der Waals surface area contributed by atoms with Gasteiger partial charge in [0.1, 0.15) is 14.1 Å². The highest BCUT2D eigenvalue weighted by Gasteiger charge is 2.48. The highest BCUT2D eigenvalue weighted by Crippen LogP contribution is 2.44.